The van der Waals surface area contributed by atoms with Crippen molar-refractivity contribution in [2.75, 3.05) is 0 Å². The van der Waals surface area contributed by atoms with E-state index < -0.39 is 5.97 Å². The van der Waals surface area contributed by atoms with Gasteiger partial charge in [-0.05, 0) is 37.0 Å². The highest BCUT2D eigenvalue weighted by Crippen LogP contribution is 2.17. The number of aliphatic carboxylic acids is 1. The van der Waals surface area contributed by atoms with Gasteiger partial charge in [0.1, 0.15) is 17.3 Å². The molecule has 0 aliphatic carbocycles. The number of benzene rings is 1. The first-order chi connectivity index (χ1) is 12.3. The Bertz CT molecular complexity index is 528. The Kier molecular flexibility index (Phi) is 12.9. The molecule has 5 nitrogen and oxygen atoms in total. The zero-order chi connectivity index (χ0) is 19.9. The van der Waals surface area contributed by atoms with Gasteiger partial charge in [-0.15, -0.1) is 0 Å². The number of Topliss-reactive ketones (excluding diaryl/α,β-unsaturated/α-hetero) is 2. The van der Waals surface area contributed by atoms with Gasteiger partial charge in [-0.2, -0.15) is 0 Å². The Morgan fingerprint density at radius 2 is 1.35 bits per heavy atom. The van der Waals surface area contributed by atoms with Crippen molar-refractivity contribution < 1.29 is 24.6 Å². The molecule has 0 aliphatic heterocycles. The first-order valence-corrected chi connectivity index (χ1v) is 9.34. The lowest BCUT2D eigenvalue weighted by Gasteiger charge is -2.12. The van der Waals surface area contributed by atoms with Crippen LogP contribution in [-0.4, -0.2) is 27.7 Å². The van der Waals surface area contributed by atoms with Crippen LogP contribution in [0.1, 0.15) is 71.3 Å². The zero-order valence-electron chi connectivity index (χ0n) is 16.2. The molecule has 0 unspecified atom stereocenters. The minimum absolute atomic E-state index is 0.0935. The first-order valence-electron chi connectivity index (χ1n) is 9.34. The third-order valence-corrected chi connectivity index (χ3v) is 4.12. The minimum atomic E-state index is -0.833. The molecule has 5 heteroatoms. The predicted molar refractivity (Wildman–Crippen MR) is 102 cm³/mol. The quantitative estimate of drug-likeness (QED) is 0.444. The Balaban J connectivity index is 0.00000141. The third-order valence-electron chi connectivity index (χ3n) is 4.12. The molecule has 0 spiro atoms. The van der Waals surface area contributed by atoms with Gasteiger partial charge in [0, 0.05) is 19.8 Å². The normalized spacial score (nSPS) is 10.2. The van der Waals surface area contributed by atoms with Crippen LogP contribution in [0.3, 0.4) is 0 Å². The molecule has 0 bridgehead atoms. The summed E-state index contributed by atoms with van der Waals surface area (Å²) in [6.07, 6.45) is 6.83. The highest BCUT2D eigenvalue weighted by molar-refractivity contribution is 6.02. The summed E-state index contributed by atoms with van der Waals surface area (Å²) in [4.78, 5) is 32.6. The number of unbranched alkanes of at least 4 members (excludes halogenated alkanes) is 3. The van der Waals surface area contributed by atoms with Crippen LogP contribution in [0.2, 0.25) is 0 Å². The molecule has 26 heavy (non-hydrogen) atoms. The fourth-order valence-electron chi connectivity index (χ4n) is 2.69. The number of hydrogen-bond acceptors (Lipinski definition) is 4. The molecule has 1 rings (SSSR count). The molecule has 0 fully saturated rings. The zero-order valence-corrected chi connectivity index (χ0v) is 16.2. The molecule has 0 aliphatic rings. The van der Waals surface area contributed by atoms with Crippen LogP contribution in [0.5, 0.6) is 5.75 Å². The molecule has 0 amide bonds. The maximum atomic E-state index is 11.8. The van der Waals surface area contributed by atoms with Gasteiger partial charge in [-0.3, -0.25) is 14.4 Å². The van der Waals surface area contributed by atoms with Gasteiger partial charge in [-0.1, -0.05) is 45.2 Å². The Hall–Kier alpha value is -2.17. The minimum Gasteiger partial charge on any atom is -0.508 e. The molecular weight excluding hydrogens is 332 g/mol. The number of carboxylic acid groups (broad SMARTS) is 1. The number of rotatable bonds is 11. The molecule has 0 heterocycles. The smallest absolute Gasteiger partial charge is 0.300 e. The van der Waals surface area contributed by atoms with Crippen LogP contribution in [0.15, 0.2) is 24.3 Å². The van der Waals surface area contributed by atoms with E-state index in [1.807, 2.05) is 26.0 Å². The average Bonchev–Trinajstić information content (AvgIpc) is 2.61. The number of hydrogen-bond donors (Lipinski definition) is 2. The summed E-state index contributed by atoms with van der Waals surface area (Å²) in [6, 6.07) is 7.33. The van der Waals surface area contributed by atoms with E-state index in [4.69, 9.17) is 9.90 Å². The van der Waals surface area contributed by atoms with E-state index in [9.17, 15) is 14.7 Å². The molecule has 1 aromatic carbocycles. The number of phenolic OH excluding ortho intramolecular Hbond substituents is 1. The van der Waals surface area contributed by atoms with E-state index in [0.717, 1.165) is 39.0 Å². The number of aryl methyl sites for hydroxylation is 1. The van der Waals surface area contributed by atoms with Crippen molar-refractivity contribution in [1.82, 2.24) is 0 Å². The van der Waals surface area contributed by atoms with Crippen LogP contribution in [-0.2, 0) is 20.8 Å². The Morgan fingerprint density at radius 3 is 1.81 bits per heavy atom. The molecule has 0 saturated heterocycles. The lowest BCUT2D eigenvalue weighted by atomic mass is 9.90. The lowest BCUT2D eigenvalue weighted by Crippen LogP contribution is -2.22. The first kappa shape index (κ1) is 23.8. The van der Waals surface area contributed by atoms with E-state index in [0.29, 0.717) is 25.0 Å². The third kappa shape index (κ3) is 11.4. The lowest BCUT2D eigenvalue weighted by molar-refractivity contribution is -0.135. The maximum absolute atomic E-state index is 11.8. The predicted octanol–water partition coefficient (Wildman–Crippen LogP) is 4.55. The van der Waals surface area contributed by atoms with Crippen molar-refractivity contribution in [3.63, 3.8) is 0 Å². The summed E-state index contributed by atoms with van der Waals surface area (Å²) in [6.45, 7) is 4.74. The highest BCUT2D eigenvalue weighted by Gasteiger charge is 2.22. The maximum Gasteiger partial charge on any atom is 0.300 e. The standard InChI is InChI=1S/C19H28O3.C2H4O2/c1-3-18(21)17(19(22)4-2)10-8-6-5-7-9-15-11-13-16(20)14-12-15;1-2(3)4/h11-14,17,20H,3-10H2,1-2H3;1H3,(H,3,4). The SMILES string of the molecule is CC(=O)O.CCC(=O)C(CCCCCCc1ccc(O)cc1)C(=O)CC. The second-order valence-electron chi connectivity index (χ2n) is 6.33. The van der Waals surface area contributed by atoms with Crippen molar-refractivity contribution in [2.24, 2.45) is 5.92 Å². The molecule has 0 saturated carbocycles. The van der Waals surface area contributed by atoms with Gasteiger partial charge in [0.15, 0.2) is 0 Å². The van der Waals surface area contributed by atoms with Gasteiger partial charge in [-0.25, -0.2) is 0 Å². The summed E-state index contributed by atoms with van der Waals surface area (Å²) in [5.41, 5.74) is 1.23. The largest absolute Gasteiger partial charge is 0.508 e. The molecule has 1 aromatic rings. The fourth-order valence-corrected chi connectivity index (χ4v) is 2.69. The number of ketones is 2. The molecule has 0 aromatic heterocycles. The van der Waals surface area contributed by atoms with Crippen LogP contribution in [0, 0.1) is 5.92 Å². The molecule has 2 N–H and O–H groups in total. The van der Waals surface area contributed by atoms with Gasteiger partial charge < -0.3 is 10.2 Å². The van der Waals surface area contributed by atoms with Crippen LogP contribution < -0.4 is 0 Å². The number of carboxylic acids is 1. The summed E-state index contributed by atoms with van der Waals surface area (Å²) in [7, 11) is 0. The second kappa shape index (κ2) is 14.0. The average molecular weight is 364 g/mol. The fraction of sp³-hybridized carbons (Fsp3) is 0.571. The van der Waals surface area contributed by atoms with E-state index in [1.54, 1.807) is 12.1 Å². The summed E-state index contributed by atoms with van der Waals surface area (Å²) < 4.78 is 0. The molecule has 0 radical (unpaired) electrons. The van der Waals surface area contributed by atoms with Gasteiger partial charge in [0.05, 0.1) is 5.92 Å². The number of carbonyl (C=O) groups is 3. The highest BCUT2D eigenvalue weighted by atomic mass is 16.4. The van der Waals surface area contributed by atoms with E-state index in [-0.39, 0.29) is 17.5 Å². The number of carbonyl (C=O) groups excluding carboxylic acids is 2. The number of phenols is 1. The van der Waals surface area contributed by atoms with Crippen molar-refractivity contribution in [1.29, 1.82) is 0 Å². The van der Waals surface area contributed by atoms with Gasteiger partial charge >= 0.3 is 0 Å². The van der Waals surface area contributed by atoms with Gasteiger partial charge in [0.2, 0.25) is 0 Å². The van der Waals surface area contributed by atoms with E-state index >= 15 is 0 Å². The van der Waals surface area contributed by atoms with E-state index in [1.165, 1.54) is 5.56 Å². The van der Waals surface area contributed by atoms with Crippen molar-refractivity contribution >= 4 is 17.5 Å². The van der Waals surface area contributed by atoms with Crippen LogP contribution in [0.25, 0.3) is 0 Å². The monoisotopic (exact) mass is 364 g/mol. The second-order valence-corrected chi connectivity index (χ2v) is 6.33. The Morgan fingerprint density at radius 1 is 0.885 bits per heavy atom. The summed E-state index contributed by atoms with van der Waals surface area (Å²) in [5.74, 6) is -0.713. The number of aromatic hydroxyl groups is 1. The Labute approximate surface area is 156 Å². The summed E-state index contributed by atoms with van der Waals surface area (Å²) >= 11 is 0. The van der Waals surface area contributed by atoms with Crippen LogP contribution in [0.4, 0.5) is 0 Å². The van der Waals surface area contributed by atoms with E-state index in [2.05, 4.69) is 0 Å². The molecule has 0 atom stereocenters. The van der Waals surface area contributed by atoms with Crippen molar-refractivity contribution in [3.8, 4) is 5.75 Å². The van der Waals surface area contributed by atoms with Gasteiger partial charge in [0.25, 0.3) is 5.97 Å². The molecule has 146 valence electrons. The molecular formula is C21H32O5. The summed E-state index contributed by atoms with van der Waals surface area (Å²) in [5, 5.41) is 16.6. The topological polar surface area (TPSA) is 91.7 Å². The van der Waals surface area contributed by atoms with Crippen molar-refractivity contribution in [3.05, 3.63) is 29.8 Å². The van der Waals surface area contributed by atoms with Crippen molar-refractivity contribution in [2.45, 2.75) is 72.1 Å². The van der Waals surface area contributed by atoms with Crippen LogP contribution >= 0.6 is 0 Å².